The zero-order valence-electron chi connectivity index (χ0n) is 10.0. The summed E-state index contributed by atoms with van der Waals surface area (Å²) in [6.45, 7) is 6.95. The molecule has 0 atom stereocenters. The fraction of sp³-hybridized carbons (Fsp3) is 0.636. The number of nitrogens with zero attached hydrogens (tertiary/aromatic N) is 3. The number of anilines is 1. The van der Waals surface area contributed by atoms with E-state index in [1.54, 1.807) is 12.3 Å². The van der Waals surface area contributed by atoms with Gasteiger partial charge in [-0.05, 0) is 13.3 Å². The van der Waals surface area contributed by atoms with Gasteiger partial charge in [-0.1, -0.05) is 6.92 Å². The molecule has 1 aromatic heterocycles. The molecule has 0 fully saturated rings. The minimum absolute atomic E-state index is 0.599. The first-order valence-corrected chi connectivity index (χ1v) is 5.72. The van der Waals surface area contributed by atoms with Crippen molar-refractivity contribution < 1.29 is 4.74 Å². The lowest BCUT2D eigenvalue weighted by atomic mass is 10.4. The van der Waals surface area contributed by atoms with Gasteiger partial charge >= 0.3 is 0 Å². The fourth-order valence-corrected chi connectivity index (χ4v) is 1.45. The molecular weight excluding hydrogens is 204 g/mol. The Morgan fingerprint density at radius 1 is 1.38 bits per heavy atom. The van der Waals surface area contributed by atoms with Crippen molar-refractivity contribution in [2.75, 3.05) is 31.1 Å². The minimum atomic E-state index is 0.599. The molecule has 0 spiro atoms. The summed E-state index contributed by atoms with van der Waals surface area (Å²) in [5.74, 6) is 1.31. The van der Waals surface area contributed by atoms with Gasteiger partial charge in [0.1, 0.15) is 0 Å². The van der Waals surface area contributed by atoms with E-state index in [0.29, 0.717) is 25.0 Å². The molecule has 0 aliphatic rings. The minimum Gasteiger partial charge on any atom is -0.478 e. The second kappa shape index (κ2) is 7.00. The Morgan fingerprint density at radius 2 is 2.19 bits per heavy atom. The molecule has 2 N–H and O–H groups in total. The molecule has 0 amide bonds. The molecule has 0 bridgehead atoms. The van der Waals surface area contributed by atoms with Crippen molar-refractivity contribution in [1.82, 2.24) is 9.97 Å². The SMILES string of the molecule is CCCN(CCN)c1nccc(OCC)n1. The van der Waals surface area contributed by atoms with Crippen LogP contribution in [0.4, 0.5) is 5.95 Å². The lowest BCUT2D eigenvalue weighted by Crippen LogP contribution is -2.31. The third-order valence-electron chi connectivity index (χ3n) is 2.08. The fourth-order valence-electron chi connectivity index (χ4n) is 1.45. The van der Waals surface area contributed by atoms with Crippen molar-refractivity contribution in [1.29, 1.82) is 0 Å². The van der Waals surface area contributed by atoms with Gasteiger partial charge in [-0.15, -0.1) is 0 Å². The van der Waals surface area contributed by atoms with Crippen LogP contribution in [0, 0.1) is 0 Å². The van der Waals surface area contributed by atoms with E-state index in [1.807, 2.05) is 6.92 Å². The number of hydrogen-bond donors (Lipinski definition) is 1. The third kappa shape index (κ3) is 3.66. The van der Waals surface area contributed by atoms with E-state index in [0.717, 1.165) is 19.5 Å². The molecule has 5 heteroatoms. The average molecular weight is 224 g/mol. The van der Waals surface area contributed by atoms with Crippen molar-refractivity contribution in [3.05, 3.63) is 12.3 Å². The average Bonchev–Trinajstić information content (AvgIpc) is 2.30. The number of nitrogens with two attached hydrogens (primary N) is 1. The summed E-state index contributed by atoms with van der Waals surface area (Å²) in [4.78, 5) is 10.6. The quantitative estimate of drug-likeness (QED) is 0.750. The third-order valence-corrected chi connectivity index (χ3v) is 2.08. The lowest BCUT2D eigenvalue weighted by molar-refractivity contribution is 0.326. The van der Waals surface area contributed by atoms with Gasteiger partial charge in [0.15, 0.2) is 0 Å². The van der Waals surface area contributed by atoms with E-state index in [-0.39, 0.29) is 0 Å². The summed E-state index contributed by atoms with van der Waals surface area (Å²) in [5, 5.41) is 0. The Labute approximate surface area is 96.6 Å². The van der Waals surface area contributed by atoms with Crippen molar-refractivity contribution in [3.63, 3.8) is 0 Å². The summed E-state index contributed by atoms with van der Waals surface area (Å²) in [7, 11) is 0. The van der Waals surface area contributed by atoms with Crippen molar-refractivity contribution in [3.8, 4) is 5.88 Å². The maximum atomic E-state index is 5.57. The van der Waals surface area contributed by atoms with Crippen LogP contribution in [-0.4, -0.2) is 36.2 Å². The van der Waals surface area contributed by atoms with Crippen LogP contribution in [0.25, 0.3) is 0 Å². The number of hydrogen-bond acceptors (Lipinski definition) is 5. The van der Waals surface area contributed by atoms with Crippen molar-refractivity contribution in [2.24, 2.45) is 5.73 Å². The molecule has 90 valence electrons. The van der Waals surface area contributed by atoms with Gasteiger partial charge in [-0.2, -0.15) is 4.98 Å². The molecule has 0 aliphatic heterocycles. The first-order valence-electron chi connectivity index (χ1n) is 5.72. The van der Waals surface area contributed by atoms with E-state index in [1.165, 1.54) is 0 Å². The summed E-state index contributed by atoms with van der Waals surface area (Å²) >= 11 is 0. The first-order chi connectivity index (χ1) is 7.81. The summed E-state index contributed by atoms with van der Waals surface area (Å²) < 4.78 is 5.34. The highest BCUT2D eigenvalue weighted by Crippen LogP contribution is 2.12. The van der Waals surface area contributed by atoms with E-state index in [2.05, 4.69) is 21.8 Å². The summed E-state index contributed by atoms with van der Waals surface area (Å²) in [5.41, 5.74) is 5.57. The first kappa shape index (κ1) is 12.7. The molecule has 1 aromatic rings. The Hall–Kier alpha value is -1.36. The predicted molar refractivity (Wildman–Crippen MR) is 64.8 cm³/mol. The van der Waals surface area contributed by atoms with E-state index in [4.69, 9.17) is 10.5 Å². The number of aromatic nitrogens is 2. The topological polar surface area (TPSA) is 64.3 Å². The summed E-state index contributed by atoms with van der Waals surface area (Å²) in [6, 6.07) is 1.76. The molecular formula is C11H20N4O. The zero-order valence-corrected chi connectivity index (χ0v) is 10.0. The largest absolute Gasteiger partial charge is 0.478 e. The zero-order chi connectivity index (χ0) is 11.8. The normalized spacial score (nSPS) is 10.2. The lowest BCUT2D eigenvalue weighted by Gasteiger charge is -2.21. The molecule has 1 rings (SSSR count). The van der Waals surface area contributed by atoms with Gasteiger partial charge in [0, 0.05) is 31.9 Å². The maximum absolute atomic E-state index is 5.57. The van der Waals surface area contributed by atoms with Crippen molar-refractivity contribution in [2.45, 2.75) is 20.3 Å². The molecule has 5 nitrogen and oxygen atoms in total. The van der Waals surface area contributed by atoms with Gasteiger partial charge in [-0.25, -0.2) is 4.98 Å². The molecule has 0 saturated carbocycles. The predicted octanol–water partition coefficient (Wildman–Crippen LogP) is 1.05. The van der Waals surface area contributed by atoms with E-state index < -0.39 is 0 Å². The second-order valence-corrected chi connectivity index (χ2v) is 3.40. The van der Waals surface area contributed by atoms with Crippen LogP contribution in [0.5, 0.6) is 5.88 Å². The van der Waals surface area contributed by atoms with Gasteiger partial charge in [0.05, 0.1) is 6.61 Å². The standard InChI is InChI=1S/C11H20N4O/c1-3-8-15(9-6-12)11-13-7-5-10(14-11)16-4-2/h5,7H,3-4,6,8-9,12H2,1-2H3. The summed E-state index contributed by atoms with van der Waals surface area (Å²) in [6.07, 6.45) is 2.76. The Balaban J connectivity index is 2.77. The Morgan fingerprint density at radius 3 is 2.81 bits per heavy atom. The van der Waals surface area contributed by atoms with Crippen LogP contribution in [0.3, 0.4) is 0 Å². The van der Waals surface area contributed by atoms with E-state index in [9.17, 15) is 0 Å². The van der Waals surface area contributed by atoms with Gasteiger partial charge in [0.2, 0.25) is 11.8 Å². The number of ether oxygens (including phenoxy) is 1. The smallest absolute Gasteiger partial charge is 0.228 e. The van der Waals surface area contributed by atoms with Crippen LogP contribution in [0.15, 0.2) is 12.3 Å². The monoisotopic (exact) mass is 224 g/mol. The molecule has 0 aliphatic carbocycles. The Kier molecular flexibility index (Phi) is 5.56. The van der Waals surface area contributed by atoms with Crippen molar-refractivity contribution >= 4 is 5.95 Å². The highest BCUT2D eigenvalue weighted by molar-refractivity contribution is 5.31. The maximum Gasteiger partial charge on any atom is 0.228 e. The molecule has 0 unspecified atom stereocenters. The number of rotatable bonds is 7. The molecule has 0 radical (unpaired) electrons. The molecule has 0 saturated heterocycles. The highest BCUT2D eigenvalue weighted by atomic mass is 16.5. The van der Waals surface area contributed by atoms with E-state index >= 15 is 0 Å². The van der Waals surface area contributed by atoms with Gasteiger partial charge < -0.3 is 15.4 Å². The molecule has 16 heavy (non-hydrogen) atoms. The van der Waals surface area contributed by atoms with Gasteiger partial charge in [-0.3, -0.25) is 0 Å². The Bertz CT molecular complexity index is 300. The molecule has 0 aromatic carbocycles. The van der Waals surface area contributed by atoms with Crippen LogP contribution in [0.2, 0.25) is 0 Å². The van der Waals surface area contributed by atoms with Crippen LogP contribution in [0.1, 0.15) is 20.3 Å². The van der Waals surface area contributed by atoms with Crippen LogP contribution < -0.4 is 15.4 Å². The van der Waals surface area contributed by atoms with Crippen LogP contribution in [-0.2, 0) is 0 Å². The second-order valence-electron chi connectivity index (χ2n) is 3.40. The van der Waals surface area contributed by atoms with Gasteiger partial charge in [0.25, 0.3) is 0 Å². The molecule has 1 heterocycles. The highest BCUT2D eigenvalue weighted by Gasteiger charge is 2.08. The van der Waals surface area contributed by atoms with Crippen LogP contribution >= 0.6 is 0 Å².